The number of aliphatic carboxylic acids is 1. The molecule has 0 spiro atoms. The van der Waals surface area contributed by atoms with Crippen molar-refractivity contribution < 1.29 is 53.4 Å². The number of fused-ring (bicyclic) bond motifs is 1. The Balaban J connectivity index is 1.43. The topological polar surface area (TPSA) is 164 Å². The molecule has 1 amide bonds. The van der Waals surface area contributed by atoms with Crippen molar-refractivity contribution in [2.45, 2.75) is 36.8 Å². The number of halogens is 3. The molecule has 0 saturated carbocycles. The molecule has 2 aromatic carbocycles. The predicted octanol–water partition coefficient (Wildman–Crippen LogP) is 1.56. The van der Waals surface area contributed by atoms with Gasteiger partial charge >= 0.3 is 12.1 Å². The summed E-state index contributed by atoms with van der Waals surface area (Å²) in [6.07, 6.45) is -11.5. The third-order valence-electron chi connectivity index (χ3n) is 5.47. The second-order valence-electron chi connectivity index (χ2n) is 7.95. The highest BCUT2D eigenvalue weighted by Crippen LogP contribution is 2.46. The highest BCUT2D eigenvalue weighted by atomic mass is 35.5. The van der Waals surface area contributed by atoms with Crippen LogP contribution < -0.4 is 14.8 Å². The fourth-order valence-corrected chi connectivity index (χ4v) is 4.32. The summed E-state index contributed by atoms with van der Waals surface area (Å²) in [5, 5.41) is 41.4. The van der Waals surface area contributed by atoms with E-state index in [-0.39, 0.29) is 40.3 Å². The maximum atomic E-state index is 14.2. The van der Waals surface area contributed by atoms with Crippen LogP contribution in [0, 0.1) is 5.82 Å². The summed E-state index contributed by atoms with van der Waals surface area (Å²) in [4.78, 5) is 23.4. The van der Waals surface area contributed by atoms with Crippen LogP contribution in [-0.4, -0.2) is 82.5 Å². The normalized spacial score (nSPS) is 27.3. The van der Waals surface area contributed by atoms with E-state index in [0.717, 1.165) is 6.07 Å². The Morgan fingerprint density at radius 3 is 2.47 bits per heavy atom. The number of benzene rings is 2. The van der Waals surface area contributed by atoms with Crippen molar-refractivity contribution in [2.24, 2.45) is 0 Å². The van der Waals surface area contributed by atoms with Gasteiger partial charge in [-0.25, -0.2) is 14.0 Å². The van der Waals surface area contributed by atoms with Crippen molar-refractivity contribution in [3.8, 4) is 22.6 Å². The molecule has 2 aliphatic rings. The first-order chi connectivity index (χ1) is 17.1. The first kappa shape index (κ1) is 26.2. The summed E-state index contributed by atoms with van der Waals surface area (Å²) < 4.78 is 35.5. The molecule has 0 radical (unpaired) electrons. The zero-order valence-corrected chi connectivity index (χ0v) is 19.6. The number of amides is 1. The van der Waals surface area contributed by atoms with E-state index in [1.165, 1.54) is 6.07 Å². The first-order valence-corrected chi connectivity index (χ1v) is 11.3. The average molecular weight is 548 g/mol. The SMILES string of the molecule is O=C(NC[C@H]1COc2cc(F)cc(-c3c(Cl)cccc3Cl)c2O1)OC1OC(C(=O)O)C(O)C(O)C1O. The lowest BCUT2D eigenvalue weighted by atomic mass is 9.99. The number of hydrogen-bond donors (Lipinski definition) is 5. The molecule has 6 atom stereocenters. The second-order valence-corrected chi connectivity index (χ2v) is 8.76. The molecule has 0 aliphatic carbocycles. The molecule has 4 rings (SSSR count). The Kier molecular flexibility index (Phi) is 7.73. The van der Waals surface area contributed by atoms with Gasteiger partial charge in [0, 0.05) is 17.2 Å². The number of aliphatic hydroxyl groups is 3. The van der Waals surface area contributed by atoms with Gasteiger partial charge < -0.3 is 44.7 Å². The lowest BCUT2D eigenvalue weighted by molar-refractivity contribution is -0.278. The highest BCUT2D eigenvalue weighted by molar-refractivity contribution is 6.39. The zero-order valence-electron chi connectivity index (χ0n) is 18.1. The molecule has 11 nitrogen and oxygen atoms in total. The maximum Gasteiger partial charge on any atom is 0.409 e. The third kappa shape index (κ3) is 5.28. The summed E-state index contributed by atoms with van der Waals surface area (Å²) in [6, 6.07) is 7.08. The number of alkyl carbamates (subject to hydrolysis) is 1. The Morgan fingerprint density at radius 2 is 1.81 bits per heavy atom. The van der Waals surface area contributed by atoms with Crippen LogP contribution in [0.1, 0.15) is 0 Å². The van der Waals surface area contributed by atoms with E-state index < -0.39 is 54.7 Å². The number of carbonyl (C=O) groups excluding carboxylic acids is 1. The summed E-state index contributed by atoms with van der Waals surface area (Å²) in [6.45, 7) is -0.275. The monoisotopic (exact) mass is 547 g/mol. The van der Waals surface area contributed by atoms with Crippen molar-refractivity contribution in [3.63, 3.8) is 0 Å². The van der Waals surface area contributed by atoms with Crippen LogP contribution in [0.25, 0.3) is 11.1 Å². The van der Waals surface area contributed by atoms with E-state index >= 15 is 0 Å². The van der Waals surface area contributed by atoms with Crippen molar-refractivity contribution in [3.05, 3.63) is 46.2 Å². The van der Waals surface area contributed by atoms with E-state index in [1.807, 2.05) is 0 Å². The standard InChI is InChI=1S/C22H20Cl2FNO10/c23-11-2-1-3-12(24)14(11)10-4-8(25)5-13-18(10)34-9(7-33-13)6-26-22(32)36-21-17(29)15(27)16(28)19(35-21)20(30)31/h1-5,9,15-17,19,21,27-29H,6-7H2,(H,26,32)(H,30,31)/t9-,15?,16?,17?,19?,21?/m0/s1. The van der Waals surface area contributed by atoms with Crippen molar-refractivity contribution >= 4 is 35.3 Å². The Morgan fingerprint density at radius 1 is 1.11 bits per heavy atom. The van der Waals surface area contributed by atoms with Gasteiger partial charge in [0.1, 0.15) is 30.7 Å². The average Bonchev–Trinajstić information content (AvgIpc) is 2.82. The van der Waals surface area contributed by atoms with Crippen LogP contribution in [0.4, 0.5) is 9.18 Å². The Bertz CT molecular complexity index is 1150. The highest BCUT2D eigenvalue weighted by Gasteiger charge is 2.48. The molecule has 36 heavy (non-hydrogen) atoms. The summed E-state index contributed by atoms with van der Waals surface area (Å²) in [7, 11) is 0. The van der Waals surface area contributed by atoms with E-state index in [4.69, 9.17) is 47.3 Å². The Labute approximate surface area is 212 Å². The number of rotatable bonds is 5. The van der Waals surface area contributed by atoms with Gasteiger partial charge in [-0.2, -0.15) is 0 Å². The number of ether oxygens (including phenoxy) is 4. The van der Waals surface area contributed by atoms with Gasteiger partial charge in [-0.15, -0.1) is 0 Å². The molecule has 0 aromatic heterocycles. The lowest BCUT2D eigenvalue weighted by Gasteiger charge is -2.37. The summed E-state index contributed by atoms with van der Waals surface area (Å²) >= 11 is 12.5. The van der Waals surface area contributed by atoms with Gasteiger partial charge in [-0.05, 0) is 18.2 Å². The van der Waals surface area contributed by atoms with Gasteiger partial charge in [0.15, 0.2) is 23.7 Å². The molecule has 14 heteroatoms. The molecular formula is C22H20Cl2FNO10. The van der Waals surface area contributed by atoms with Crippen LogP contribution in [-0.2, 0) is 14.3 Å². The molecule has 2 aliphatic heterocycles. The van der Waals surface area contributed by atoms with Crippen molar-refractivity contribution in [1.29, 1.82) is 0 Å². The molecule has 1 saturated heterocycles. The smallest absolute Gasteiger partial charge is 0.409 e. The molecule has 194 valence electrons. The van der Waals surface area contributed by atoms with Crippen LogP contribution in [0.2, 0.25) is 10.0 Å². The molecule has 2 aromatic rings. The molecule has 1 fully saturated rings. The van der Waals surface area contributed by atoms with E-state index in [1.54, 1.807) is 18.2 Å². The minimum atomic E-state index is -1.93. The van der Waals surface area contributed by atoms with Gasteiger partial charge in [0.25, 0.3) is 0 Å². The third-order valence-corrected chi connectivity index (χ3v) is 6.10. The number of carbonyl (C=O) groups is 2. The van der Waals surface area contributed by atoms with Crippen LogP contribution >= 0.6 is 23.2 Å². The molecular weight excluding hydrogens is 528 g/mol. The summed E-state index contributed by atoms with van der Waals surface area (Å²) in [5.41, 5.74) is 0.559. The minimum absolute atomic E-state index is 0.0824. The molecule has 0 bridgehead atoms. The largest absolute Gasteiger partial charge is 0.486 e. The molecule has 2 heterocycles. The van der Waals surface area contributed by atoms with Crippen molar-refractivity contribution in [1.82, 2.24) is 5.32 Å². The van der Waals surface area contributed by atoms with E-state index in [9.17, 15) is 29.3 Å². The van der Waals surface area contributed by atoms with Crippen LogP contribution in [0.3, 0.4) is 0 Å². The van der Waals surface area contributed by atoms with Gasteiger partial charge in [-0.1, -0.05) is 29.3 Å². The second kappa shape index (κ2) is 10.6. The number of hydrogen-bond acceptors (Lipinski definition) is 9. The quantitative estimate of drug-likeness (QED) is 0.371. The lowest BCUT2D eigenvalue weighted by Crippen LogP contribution is -2.61. The maximum absolute atomic E-state index is 14.2. The van der Waals surface area contributed by atoms with Gasteiger partial charge in [0.05, 0.1) is 16.6 Å². The van der Waals surface area contributed by atoms with E-state index in [0.29, 0.717) is 5.56 Å². The number of carboxylic acid groups (broad SMARTS) is 1. The summed E-state index contributed by atoms with van der Waals surface area (Å²) in [5.74, 6) is -1.99. The zero-order chi connectivity index (χ0) is 26.1. The van der Waals surface area contributed by atoms with Crippen molar-refractivity contribution in [2.75, 3.05) is 13.2 Å². The van der Waals surface area contributed by atoms with Gasteiger partial charge in [-0.3, -0.25) is 0 Å². The molecule has 5 N–H and O–H groups in total. The fraction of sp³-hybridized carbons (Fsp3) is 0.364. The van der Waals surface area contributed by atoms with E-state index in [2.05, 4.69) is 5.32 Å². The number of aliphatic hydroxyl groups excluding tert-OH is 3. The minimum Gasteiger partial charge on any atom is -0.486 e. The first-order valence-electron chi connectivity index (χ1n) is 10.5. The fourth-order valence-electron chi connectivity index (χ4n) is 3.72. The molecule has 5 unspecified atom stereocenters. The van der Waals surface area contributed by atoms with Crippen LogP contribution in [0.5, 0.6) is 11.5 Å². The number of nitrogens with one attached hydrogen (secondary N) is 1. The van der Waals surface area contributed by atoms with Gasteiger partial charge in [0.2, 0.25) is 6.29 Å². The Hall–Kier alpha value is -2.87. The predicted molar refractivity (Wildman–Crippen MR) is 121 cm³/mol. The number of carboxylic acids is 1. The van der Waals surface area contributed by atoms with Crippen LogP contribution in [0.15, 0.2) is 30.3 Å².